The van der Waals surface area contributed by atoms with E-state index in [2.05, 4.69) is 228 Å². The molecular weight excluding hydrogens is 709 g/mol. The van der Waals surface area contributed by atoms with E-state index in [1.54, 1.807) is 0 Å². The predicted molar refractivity (Wildman–Crippen MR) is 245 cm³/mol. The molecular formula is C54H36N2S. The molecule has 0 fully saturated rings. The summed E-state index contributed by atoms with van der Waals surface area (Å²) in [6.45, 7) is 0. The fraction of sp³-hybridized carbons (Fsp3) is 0. The van der Waals surface area contributed by atoms with Gasteiger partial charge in [0.05, 0.1) is 28.1 Å². The van der Waals surface area contributed by atoms with Crippen LogP contribution < -0.4 is 4.90 Å². The van der Waals surface area contributed by atoms with Gasteiger partial charge in [-0.2, -0.15) is 0 Å². The summed E-state index contributed by atoms with van der Waals surface area (Å²) in [7, 11) is 0. The maximum Gasteiger partial charge on any atom is 0.0562 e. The summed E-state index contributed by atoms with van der Waals surface area (Å²) in [6, 6.07) is 79.3. The van der Waals surface area contributed by atoms with Crippen LogP contribution in [0, 0.1) is 0 Å². The molecule has 2 aromatic heterocycles. The Morgan fingerprint density at radius 2 is 0.912 bits per heavy atom. The van der Waals surface area contributed by atoms with Crippen LogP contribution in [0.3, 0.4) is 0 Å². The molecule has 0 aliphatic heterocycles. The second kappa shape index (κ2) is 13.8. The summed E-state index contributed by atoms with van der Waals surface area (Å²) < 4.78 is 5.08. The van der Waals surface area contributed by atoms with Crippen molar-refractivity contribution in [3.63, 3.8) is 0 Å². The molecule has 0 amide bonds. The minimum Gasteiger partial charge on any atom is -0.309 e. The lowest BCUT2D eigenvalue weighted by molar-refractivity contribution is 1.18. The first-order chi connectivity index (χ1) is 28.3. The SMILES string of the molecule is c1ccc(-c2ccccc2-c2ccccc2-n2c3ccccc3c3c(N(c4ccccc4)c4ccccc4-c4cccc5c4sc4ccccc45)cccc32)cc1. The fourth-order valence-corrected chi connectivity index (χ4v) is 10.0. The van der Waals surface area contributed by atoms with Gasteiger partial charge in [-0.1, -0.05) is 170 Å². The maximum absolute atomic E-state index is 2.47. The van der Waals surface area contributed by atoms with Crippen LogP contribution in [0.1, 0.15) is 0 Å². The first-order valence-electron chi connectivity index (χ1n) is 19.4. The first-order valence-corrected chi connectivity index (χ1v) is 20.3. The number of hydrogen-bond donors (Lipinski definition) is 0. The lowest BCUT2D eigenvalue weighted by Crippen LogP contribution is -2.11. The van der Waals surface area contributed by atoms with Crippen molar-refractivity contribution >= 4 is 70.4 Å². The van der Waals surface area contributed by atoms with Gasteiger partial charge in [0.15, 0.2) is 0 Å². The van der Waals surface area contributed by atoms with E-state index >= 15 is 0 Å². The molecule has 0 saturated heterocycles. The van der Waals surface area contributed by atoms with Crippen molar-refractivity contribution in [2.24, 2.45) is 0 Å². The van der Waals surface area contributed by atoms with Gasteiger partial charge in [0.1, 0.15) is 0 Å². The summed E-state index contributed by atoms with van der Waals surface area (Å²) >= 11 is 1.88. The lowest BCUT2D eigenvalue weighted by Gasteiger charge is -2.29. The number of thiophene rings is 1. The summed E-state index contributed by atoms with van der Waals surface area (Å²) in [4.78, 5) is 2.47. The van der Waals surface area contributed by atoms with Crippen molar-refractivity contribution in [1.29, 1.82) is 0 Å². The molecule has 11 rings (SSSR count). The molecule has 2 nitrogen and oxygen atoms in total. The van der Waals surface area contributed by atoms with Crippen LogP contribution in [0.15, 0.2) is 218 Å². The van der Waals surface area contributed by atoms with Crippen molar-refractivity contribution < 1.29 is 0 Å². The zero-order chi connectivity index (χ0) is 37.7. The highest BCUT2D eigenvalue weighted by Gasteiger charge is 2.24. The van der Waals surface area contributed by atoms with Gasteiger partial charge in [-0.05, 0) is 65.2 Å². The number of fused-ring (bicyclic) bond motifs is 6. The van der Waals surface area contributed by atoms with Gasteiger partial charge in [-0.15, -0.1) is 11.3 Å². The van der Waals surface area contributed by atoms with Crippen LogP contribution in [-0.4, -0.2) is 4.57 Å². The highest BCUT2D eigenvalue weighted by molar-refractivity contribution is 7.26. The average Bonchev–Trinajstić information content (AvgIpc) is 3.84. The van der Waals surface area contributed by atoms with E-state index in [-0.39, 0.29) is 0 Å². The van der Waals surface area contributed by atoms with Crippen LogP contribution in [-0.2, 0) is 0 Å². The molecule has 0 saturated carbocycles. The molecule has 11 aromatic rings. The Morgan fingerprint density at radius 1 is 0.351 bits per heavy atom. The Kier molecular flexibility index (Phi) is 8.04. The summed E-state index contributed by atoms with van der Waals surface area (Å²) in [5.74, 6) is 0. The van der Waals surface area contributed by atoms with Crippen LogP contribution >= 0.6 is 11.3 Å². The largest absolute Gasteiger partial charge is 0.309 e. The summed E-state index contributed by atoms with van der Waals surface area (Å²) in [5, 5.41) is 5.02. The van der Waals surface area contributed by atoms with Crippen LogP contribution in [0.4, 0.5) is 17.1 Å². The Morgan fingerprint density at radius 3 is 1.75 bits per heavy atom. The monoisotopic (exact) mass is 744 g/mol. The van der Waals surface area contributed by atoms with Crippen molar-refractivity contribution in [2.75, 3.05) is 4.90 Å². The van der Waals surface area contributed by atoms with Gasteiger partial charge in [0, 0.05) is 53.3 Å². The molecule has 0 aliphatic rings. The van der Waals surface area contributed by atoms with Gasteiger partial charge < -0.3 is 9.47 Å². The average molecular weight is 745 g/mol. The highest BCUT2D eigenvalue weighted by Crippen LogP contribution is 2.49. The van der Waals surface area contributed by atoms with E-state index in [1.165, 1.54) is 69.8 Å². The van der Waals surface area contributed by atoms with E-state index in [9.17, 15) is 0 Å². The Balaban J connectivity index is 1.18. The molecule has 0 atom stereocenters. The third-order valence-corrected chi connectivity index (χ3v) is 12.4. The number of benzene rings is 9. The Hall–Kier alpha value is -7.20. The van der Waals surface area contributed by atoms with E-state index < -0.39 is 0 Å². The number of nitrogens with zero attached hydrogens (tertiary/aromatic N) is 2. The van der Waals surface area contributed by atoms with E-state index in [4.69, 9.17) is 0 Å². The minimum atomic E-state index is 1.11. The van der Waals surface area contributed by atoms with Gasteiger partial charge in [-0.3, -0.25) is 0 Å². The van der Waals surface area contributed by atoms with Gasteiger partial charge >= 0.3 is 0 Å². The summed E-state index contributed by atoms with van der Waals surface area (Å²) in [6.07, 6.45) is 0. The van der Waals surface area contributed by atoms with E-state index in [0.717, 1.165) is 28.3 Å². The zero-order valence-electron chi connectivity index (χ0n) is 31.1. The third-order valence-electron chi connectivity index (χ3n) is 11.2. The van der Waals surface area contributed by atoms with Crippen LogP contribution in [0.25, 0.3) is 81.0 Å². The molecule has 0 bridgehead atoms. The smallest absolute Gasteiger partial charge is 0.0562 e. The first kappa shape index (κ1) is 33.2. The number of hydrogen-bond acceptors (Lipinski definition) is 2. The van der Waals surface area contributed by atoms with E-state index in [0.29, 0.717) is 0 Å². The van der Waals surface area contributed by atoms with Crippen molar-refractivity contribution in [3.8, 4) is 39.1 Å². The zero-order valence-corrected chi connectivity index (χ0v) is 31.9. The second-order valence-electron chi connectivity index (χ2n) is 14.4. The predicted octanol–water partition coefficient (Wildman–Crippen LogP) is 15.6. The molecule has 0 unspecified atom stereocenters. The minimum absolute atomic E-state index is 1.11. The molecule has 2 heterocycles. The standard InChI is InChI=1S/C54H36N2S/c1-3-19-37(20-4-1)39-23-7-8-24-40(39)41-25-9-14-32-48(41)56-49-33-15-11-28-46(49)53-50(34-18-35-51(53)56)55(38-21-5-2-6-22-38)47-31-13-10-26-42(47)44-29-17-30-45-43-27-12-16-36-52(43)57-54(44)45/h1-36H. The molecule has 9 aromatic carbocycles. The molecule has 0 spiro atoms. The topological polar surface area (TPSA) is 8.17 Å². The molecule has 0 radical (unpaired) electrons. The quantitative estimate of drug-likeness (QED) is 0.158. The van der Waals surface area contributed by atoms with Gasteiger partial charge in [0.2, 0.25) is 0 Å². The van der Waals surface area contributed by atoms with Crippen LogP contribution in [0.5, 0.6) is 0 Å². The Labute approximate surface area is 335 Å². The highest BCUT2D eigenvalue weighted by atomic mass is 32.1. The van der Waals surface area contributed by atoms with Crippen molar-refractivity contribution in [2.45, 2.75) is 0 Å². The van der Waals surface area contributed by atoms with Crippen molar-refractivity contribution in [3.05, 3.63) is 218 Å². The maximum atomic E-state index is 2.47. The summed E-state index contributed by atoms with van der Waals surface area (Å²) in [5.41, 5.74) is 14.1. The molecule has 57 heavy (non-hydrogen) atoms. The lowest BCUT2D eigenvalue weighted by atomic mass is 9.93. The Bertz CT molecular complexity index is 3250. The fourth-order valence-electron chi connectivity index (χ4n) is 8.77. The van der Waals surface area contributed by atoms with Gasteiger partial charge in [0.25, 0.3) is 0 Å². The normalized spacial score (nSPS) is 11.5. The van der Waals surface area contributed by atoms with Crippen LogP contribution in [0.2, 0.25) is 0 Å². The molecule has 268 valence electrons. The third kappa shape index (κ3) is 5.47. The van der Waals surface area contributed by atoms with Crippen molar-refractivity contribution in [1.82, 2.24) is 4.57 Å². The van der Waals surface area contributed by atoms with Gasteiger partial charge in [-0.25, -0.2) is 0 Å². The molecule has 0 aliphatic carbocycles. The number of aromatic nitrogens is 1. The number of para-hydroxylation sites is 4. The van der Waals surface area contributed by atoms with E-state index in [1.807, 2.05) is 11.3 Å². The number of anilines is 3. The molecule has 0 N–H and O–H groups in total. The number of rotatable bonds is 7. The second-order valence-corrected chi connectivity index (χ2v) is 15.5. The molecule has 3 heteroatoms.